The molecule has 1 aliphatic heterocycles. The lowest BCUT2D eigenvalue weighted by Crippen LogP contribution is -2.41. The van der Waals surface area contributed by atoms with Gasteiger partial charge in [-0.1, -0.05) is 75.2 Å². The quantitative estimate of drug-likeness (QED) is 0.0566. The lowest BCUT2D eigenvalue weighted by molar-refractivity contribution is -0.0522. The van der Waals surface area contributed by atoms with E-state index in [0.29, 0.717) is 33.4 Å². The molecule has 1 aliphatic rings. The third-order valence-electron chi connectivity index (χ3n) is 12.1. The summed E-state index contributed by atoms with van der Waals surface area (Å²) < 4.78 is 141. The van der Waals surface area contributed by atoms with E-state index in [-0.39, 0.29) is 71.2 Å². The normalized spacial score (nSPS) is 13.4. The first-order chi connectivity index (χ1) is 38.0. The first kappa shape index (κ1) is 65.5. The molecule has 0 spiro atoms. The highest BCUT2D eigenvalue weighted by Gasteiger charge is 2.51. The fourth-order valence-electron chi connectivity index (χ4n) is 7.56. The maximum atomic E-state index is 14.0. The molecule has 6 aromatic carbocycles. The van der Waals surface area contributed by atoms with Gasteiger partial charge in [-0.05, 0) is 161 Å². The Morgan fingerprint density at radius 1 is 0.642 bits per heavy atom. The van der Waals surface area contributed by atoms with Crippen molar-refractivity contribution in [2.24, 2.45) is 0 Å². The van der Waals surface area contributed by atoms with Gasteiger partial charge in [-0.3, -0.25) is 14.4 Å². The van der Waals surface area contributed by atoms with Crippen LogP contribution in [0.3, 0.4) is 0 Å². The molecule has 1 atom stereocenters. The number of fused-ring (bicyclic) bond motifs is 2. The molecule has 1 saturated heterocycles. The number of ether oxygens (including phenoxy) is 3. The van der Waals surface area contributed by atoms with E-state index in [1.54, 1.807) is 36.4 Å². The highest BCUT2D eigenvalue weighted by atomic mass is 79.9. The predicted octanol–water partition coefficient (Wildman–Crippen LogP) is 16.6. The summed E-state index contributed by atoms with van der Waals surface area (Å²) in [7, 11) is 0.851. The average molecular weight is 1330 g/mol. The number of alkyl halides is 3. The van der Waals surface area contributed by atoms with Crippen molar-refractivity contribution in [2.45, 2.75) is 97.5 Å². The van der Waals surface area contributed by atoms with Crippen LogP contribution < -0.4 is 30.5 Å². The SMILES string of the molecule is CC(Br)c1oc2cccc(F)c2c(=O)c1Br.CC(C)Oc1ccc(B2OC(C)(C)C(C)(C)O2)cc1F.CCc1oc2cccc(F)c2c(=O)c1-c1cccc(F)c1.COc1cccc(F)c1C(C)=O.Fc1cc(Br)ccc1OC(F)F. The summed E-state index contributed by atoms with van der Waals surface area (Å²) in [6.07, 6.45) is 0.389. The van der Waals surface area contributed by atoms with Crippen molar-refractivity contribution in [3.05, 3.63) is 197 Å². The number of Topliss-reactive ketones (excluding diaryl/α,β-unsaturated/α-hetero) is 1. The molecule has 8 aromatic rings. The molecule has 81 heavy (non-hydrogen) atoms. The second kappa shape index (κ2) is 28.6. The minimum atomic E-state index is -3.00. The van der Waals surface area contributed by atoms with E-state index in [1.165, 1.54) is 80.8 Å². The summed E-state index contributed by atoms with van der Waals surface area (Å²) in [6, 6.07) is 26.9. The van der Waals surface area contributed by atoms with Crippen LogP contribution in [-0.4, -0.2) is 43.9 Å². The summed E-state index contributed by atoms with van der Waals surface area (Å²) in [5, 5.41) is -0.125. The molecule has 0 saturated carbocycles. The molecule has 3 heterocycles. The molecule has 0 amide bonds. The average Bonchev–Trinajstić information content (AvgIpc) is 3.80. The third kappa shape index (κ3) is 16.7. The highest BCUT2D eigenvalue weighted by molar-refractivity contribution is 9.11. The van der Waals surface area contributed by atoms with E-state index in [4.69, 9.17) is 27.6 Å². The van der Waals surface area contributed by atoms with Crippen LogP contribution in [0.2, 0.25) is 0 Å². The van der Waals surface area contributed by atoms with Crippen LogP contribution in [0.4, 0.5) is 35.1 Å². The van der Waals surface area contributed by atoms with Crippen LogP contribution in [-0.2, 0) is 15.7 Å². The molecule has 1 unspecified atom stereocenters. The van der Waals surface area contributed by atoms with Crippen LogP contribution in [0.15, 0.2) is 143 Å². The van der Waals surface area contributed by atoms with Crippen molar-refractivity contribution < 1.29 is 72.3 Å². The zero-order chi connectivity index (χ0) is 60.3. The largest absolute Gasteiger partial charge is 0.496 e. The van der Waals surface area contributed by atoms with Crippen molar-refractivity contribution in [1.29, 1.82) is 0 Å². The van der Waals surface area contributed by atoms with Gasteiger partial charge in [-0.2, -0.15) is 8.78 Å². The highest BCUT2D eigenvalue weighted by Crippen LogP contribution is 2.37. The molecule has 0 aliphatic carbocycles. The standard InChI is InChI=1S/C17H12F2O2.C15H22BFO3.C11H7Br2FO2.C9H9FO2.C7H4BrF3O/c1-2-13-15(10-5-3-6-11(18)9-10)17(20)16-12(19)7-4-8-14(16)21-13;1-10(2)18-13-8-7-11(9-12(13)17)16-19-14(3,4)15(5,6)20-16;1-5(12)11-9(13)10(15)8-6(14)3-2-4-7(8)16-11;1-6(11)9-7(10)4-3-5-8(9)12-2;8-4-1-2-6(5(9)3-4)12-7(10)11/h3-9H,2H2,1H3;7-10H,1-6H3;2-5H,1H3;3-5H,1-2H3;1-3,7H. The van der Waals surface area contributed by atoms with Crippen molar-refractivity contribution in [3.8, 4) is 28.4 Å². The van der Waals surface area contributed by atoms with Crippen molar-refractivity contribution >= 4 is 88.1 Å². The summed E-state index contributed by atoms with van der Waals surface area (Å²) in [5.41, 5.74) is 0.0317. The Kier molecular flexibility index (Phi) is 23.1. The molecule has 0 N–H and O–H groups in total. The van der Waals surface area contributed by atoms with E-state index < -0.39 is 71.0 Å². The van der Waals surface area contributed by atoms with Gasteiger partial charge in [0.15, 0.2) is 28.9 Å². The van der Waals surface area contributed by atoms with Gasteiger partial charge >= 0.3 is 13.7 Å². The minimum absolute atomic E-state index is 0.0139. The summed E-state index contributed by atoms with van der Waals surface area (Å²) in [4.78, 5) is 35.3. The molecular weight excluding hydrogens is 1270 g/mol. The van der Waals surface area contributed by atoms with Crippen LogP contribution in [0.25, 0.3) is 33.1 Å². The molecule has 430 valence electrons. The number of aryl methyl sites for hydroxylation is 1. The number of benzene rings is 6. The zero-order valence-electron chi connectivity index (χ0n) is 45.2. The lowest BCUT2D eigenvalue weighted by Gasteiger charge is -2.32. The summed E-state index contributed by atoms with van der Waals surface area (Å²) in [5.74, 6) is -2.78. The van der Waals surface area contributed by atoms with Crippen molar-refractivity contribution in [1.82, 2.24) is 0 Å². The first-order valence-corrected chi connectivity index (χ1v) is 27.1. The van der Waals surface area contributed by atoms with Gasteiger partial charge in [0.05, 0.1) is 40.4 Å². The monoisotopic (exact) mass is 1320 g/mol. The number of halogens is 11. The van der Waals surface area contributed by atoms with E-state index >= 15 is 0 Å². The molecular formula is C59H54BBr3F8O10. The summed E-state index contributed by atoms with van der Waals surface area (Å²) in [6.45, 7) is 13.6. The van der Waals surface area contributed by atoms with Gasteiger partial charge in [0, 0.05) is 10.9 Å². The van der Waals surface area contributed by atoms with Gasteiger partial charge in [-0.15, -0.1) is 0 Å². The Morgan fingerprint density at radius 2 is 1.17 bits per heavy atom. The van der Waals surface area contributed by atoms with E-state index in [9.17, 15) is 49.5 Å². The van der Waals surface area contributed by atoms with Crippen LogP contribution in [0.5, 0.6) is 17.2 Å². The van der Waals surface area contributed by atoms with Gasteiger partial charge in [0.25, 0.3) is 0 Å². The van der Waals surface area contributed by atoms with Gasteiger partial charge in [0.2, 0.25) is 10.9 Å². The second-order valence-electron chi connectivity index (χ2n) is 18.8. The van der Waals surface area contributed by atoms with Gasteiger partial charge < -0.3 is 32.4 Å². The molecule has 1 fully saturated rings. The lowest BCUT2D eigenvalue weighted by atomic mass is 9.79. The van der Waals surface area contributed by atoms with E-state index in [0.717, 1.165) is 12.1 Å². The van der Waals surface area contributed by atoms with Crippen molar-refractivity contribution in [2.75, 3.05) is 7.11 Å². The number of methoxy groups -OCH3 is 1. The van der Waals surface area contributed by atoms with Crippen molar-refractivity contribution in [3.63, 3.8) is 0 Å². The van der Waals surface area contributed by atoms with E-state index in [1.807, 2.05) is 55.4 Å². The number of rotatable bonds is 10. The number of hydrogen-bond donors (Lipinski definition) is 0. The Morgan fingerprint density at radius 3 is 1.68 bits per heavy atom. The Bertz CT molecular complexity index is 3620. The van der Waals surface area contributed by atoms with Crippen LogP contribution in [0.1, 0.15) is 89.0 Å². The smallest absolute Gasteiger partial charge is 0.494 e. The Balaban J connectivity index is 0.000000189. The molecule has 22 heteroatoms. The Labute approximate surface area is 487 Å². The predicted molar refractivity (Wildman–Crippen MR) is 306 cm³/mol. The fraction of sp³-hybridized carbons (Fsp3) is 0.271. The second-order valence-corrected chi connectivity index (χ2v) is 21.9. The number of carbonyl (C=O) groups excluding carboxylic acids is 1. The van der Waals surface area contributed by atoms with Crippen LogP contribution >= 0.6 is 47.8 Å². The van der Waals surface area contributed by atoms with Gasteiger partial charge in [0.1, 0.15) is 67.0 Å². The minimum Gasteiger partial charge on any atom is -0.496 e. The number of ketones is 1. The zero-order valence-corrected chi connectivity index (χ0v) is 50.0. The molecule has 9 rings (SSSR count). The summed E-state index contributed by atoms with van der Waals surface area (Å²) >= 11 is 9.43. The molecule has 0 bridgehead atoms. The fourth-order valence-corrected chi connectivity index (χ4v) is 9.14. The molecule has 0 radical (unpaired) electrons. The molecule has 2 aromatic heterocycles. The number of carbonyl (C=O) groups is 1. The van der Waals surface area contributed by atoms with Crippen LogP contribution in [0, 0.1) is 34.9 Å². The van der Waals surface area contributed by atoms with E-state index in [2.05, 4.69) is 52.5 Å². The number of hydrogen-bond acceptors (Lipinski definition) is 10. The Hall–Kier alpha value is -6.33. The third-order valence-corrected chi connectivity index (χ3v) is 13.7. The maximum absolute atomic E-state index is 14.0. The molecule has 10 nitrogen and oxygen atoms in total. The maximum Gasteiger partial charge on any atom is 0.494 e. The topological polar surface area (TPSA) is 124 Å². The van der Waals surface area contributed by atoms with Gasteiger partial charge in [-0.25, -0.2) is 26.3 Å². The first-order valence-electron chi connectivity index (χ1n) is 24.6.